The Balaban J connectivity index is 1.95. The first kappa shape index (κ1) is 18.0. The number of fused-ring (bicyclic) bond motifs is 3. The van der Waals surface area contributed by atoms with Crippen LogP contribution in [-0.2, 0) is 0 Å². The maximum absolute atomic E-state index is 11.2. The molecule has 0 aliphatic heterocycles. The van der Waals surface area contributed by atoms with Crippen LogP contribution in [0.5, 0.6) is 0 Å². The van der Waals surface area contributed by atoms with Crippen molar-refractivity contribution in [1.82, 2.24) is 0 Å². The first-order chi connectivity index (χ1) is 14.8. The summed E-state index contributed by atoms with van der Waals surface area (Å²) in [6.45, 7) is 0. The van der Waals surface area contributed by atoms with E-state index in [0.717, 1.165) is 45.6 Å². The number of rotatable bonds is 4. The molecule has 30 heavy (non-hydrogen) atoms. The molecule has 0 saturated carbocycles. The average molecular weight is 386 g/mol. The fourth-order valence-electron chi connectivity index (χ4n) is 4.20. The van der Waals surface area contributed by atoms with E-state index in [1.165, 1.54) is 10.8 Å². The zero-order valence-corrected chi connectivity index (χ0v) is 16.2. The maximum atomic E-state index is 11.2. The van der Waals surface area contributed by atoms with Crippen molar-refractivity contribution in [1.29, 1.82) is 0 Å². The molecular weight excluding hydrogens is 368 g/mol. The summed E-state index contributed by atoms with van der Waals surface area (Å²) in [5.74, 6) is 0. The van der Waals surface area contributed by atoms with Crippen molar-refractivity contribution in [3.63, 3.8) is 0 Å². The first-order valence-electron chi connectivity index (χ1n) is 9.85. The lowest BCUT2D eigenvalue weighted by molar-refractivity contribution is 0.111. The molecule has 142 valence electrons. The van der Waals surface area contributed by atoms with Gasteiger partial charge < -0.3 is 0 Å². The van der Waals surface area contributed by atoms with Crippen molar-refractivity contribution in [2.45, 2.75) is 0 Å². The predicted octanol–water partition coefficient (Wildman–Crippen LogP) is 6.95. The van der Waals surface area contributed by atoms with Gasteiger partial charge in [0.05, 0.1) is 0 Å². The molecule has 5 rings (SSSR count). The summed E-state index contributed by atoms with van der Waals surface area (Å²) < 4.78 is 0. The first-order valence-corrected chi connectivity index (χ1v) is 9.85. The lowest BCUT2D eigenvalue weighted by Gasteiger charge is -2.18. The maximum Gasteiger partial charge on any atom is 0.150 e. The van der Waals surface area contributed by atoms with E-state index in [-0.39, 0.29) is 0 Å². The molecule has 0 aliphatic carbocycles. The Bertz CT molecular complexity index is 1290. The SMILES string of the molecule is O=Cc1ccc(-c2c(-c3ccc(C=O)cc3)c3ccccc3c3ccccc23)cc1. The normalized spacial score (nSPS) is 10.9. The van der Waals surface area contributed by atoms with Gasteiger partial charge in [-0.3, -0.25) is 9.59 Å². The third kappa shape index (κ3) is 2.90. The Morgan fingerprint density at radius 3 is 1.07 bits per heavy atom. The van der Waals surface area contributed by atoms with Crippen LogP contribution in [0.2, 0.25) is 0 Å². The van der Waals surface area contributed by atoms with Gasteiger partial charge in [-0.1, -0.05) is 97.1 Å². The van der Waals surface area contributed by atoms with Gasteiger partial charge in [0.1, 0.15) is 12.6 Å². The second kappa shape index (κ2) is 7.41. The summed E-state index contributed by atoms with van der Waals surface area (Å²) in [5, 5.41) is 4.70. The quantitative estimate of drug-likeness (QED) is 0.247. The number of hydrogen-bond acceptors (Lipinski definition) is 2. The molecule has 0 amide bonds. The summed E-state index contributed by atoms with van der Waals surface area (Å²) in [6.07, 6.45) is 1.72. The molecule has 0 atom stereocenters. The number of benzene rings is 5. The fourth-order valence-corrected chi connectivity index (χ4v) is 4.20. The molecule has 5 aromatic rings. The number of carbonyl (C=O) groups is 2. The Morgan fingerprint density at radius 1 is 0.400 bits per heavy atom. The minimum atomic E-state index is 0.653. The minimum Gasteiger partial charge on any atom is -0.298 e. The Labute approximate surface area is 174 Å². The monoisotopic (exact) mass is 386 g/mol. The van der Waals surface area contributed by atoms with Gasteiger partial charge in [0.25, 0.3) is 0 Å². The van der Waals surface area contributed by atoms with Crippen LogP contribution in [0.1, 0.15) is 20.7 Å². The highest BCUT2D eigenvalue weighted by atomic mass is 16.1. The van der Waals surface area contributed by atoms with E-state index in [1.54, 1.807) is 0 Å². The molecule has 0 aromatic heterocycles. The van der Waals surface area contributed by atoms with Crippen molar-refractivity contribution in [3.05, 3.63) is 108 Å². The summed E-state index contributed by atoms with van der Waals surface area (Å²) in [4.78, 5) is 22.3. The van der Waals surface area contributed by atoms with E-state index in [9.17, 15) is 9.59 Å². The van der Waals surface area contributed by atoms with E-state index in [1.807, 2.05) is 48.5 Å². The van der Waals surface area contributed by atoms with E-state index in [2.05, 4.69) is 48.5 Å². The fraction of sp³-hybridized carbons (Fsp3) is 0. The molecule has 0 radical (unpaired) electrons. The van der Waals surface area contributed by atoms with Crippen molar-refractivity contribution in [2.75, 3.05) is 0 Å². The lowest BCUT2D eigenvalue weighted by atomic mass is 9.85. The second-order valence-electron chi connectivity index (χ2n) is 7.32. The third-order valence-corrected chi connectivity index (χ3v) is 5.60. The van der Waals surface area contributed by atoms with E-state index in [4.69, 9.17) is 0 Å². The molecule has 0 N–H and O–H groups in total. The van der Waals surface area contributed by atoms with Crippen molar-refractivity contribution < 1.29 is 9.59 Å². The van der Waals surface area contributed by atoms with Crippen LogP contribution in [0.3, 0.4) is 0 Å². The molecule has 5 aromatic carbocycles. The van der Waals surface area contributed by atoms with Crippen LogP contribution >= 0.6 is 0 Å². The smallest absolute Gasteiger partial charge is 0.150 e. The molecule has 2 heteroatoms. The average Bonchev–Trinajstić information content (AvgIpc) is 2.83. The summed E-state index contributed by atoms with van der Waals surface area (Å²) >= 11 is 0. The van der Waals surface area contributed by atoms with E-state index < -0.39 is 0 Å². The highest BCUT2D eigenvalue weighted by molar-refractivity contribution is 6.21. The van der Waals surface area contributed by atoms with Gasteiger partial charge in [0.2, 0.25) is 0 Å². The zero-order chi connectivity index (χ0) is 20.5. The minimum absolute atomic E-state index is 0.653. The van der Waals surface area contributed by atoms with Crippen LogP contribution < -0.4 is 0 Å². The Hall–Kier alpha value is -4.04. The number of hydrogen-bond donors (Lipinski definition) is 0. The highest BCUT2D eigenvalue weighted by Crippen LogP contribution is 2.44. The lowest BCUT2D eigenvalue weighted by Crippen LogP contribution is -1.92. The van der Waals surface area contributed by atoms with E-state index >= 15 is 0 Å². The van der Waals surface area contributed by atoms with Gasteiger partial charge in [-0.05, 0) is 43.8 Å². The standard InChI is InChI=1S/C28H18O2/c29-17-19-9-13-21(14-10-19)27-25-7-3-1-5-23(25)24-6-2-4-8-26(24)28(27)22-15-11-20(18-30)12-16-22/h1-18H. The van der Waals surface area contributed by atoms with Crippen molar-refractivity contribution >= 4 is 34.1 Å². The molecule has 0 spiro atoms. The summed E-state index contributed by atoms with van der Waals surface area (Å²) in [6, 6.07) is 32.3. The van der Waals surface area contributed by atoms with Gasteiger partial charge in [-0.2, -0.15) is 0 Å². The molecule has 2 nitrogen and oxygen atoms in total. The van der Waals surface area contributed by atoms with Crippen molar-refractivity contribution in [3.8, 4) is 22.3 Å². The van der Waals surface area contributed by atoms with Gasteiger partial charge in [-0.25, -0.2) is 0 Å². The van der Waals surface area contributed by atoms with Gasteiger partial charge in [0, 0.05) is 11.1 Å². The Kier molecular flexibility index (Phi) is 4.45. The second-order valence-corrected chi connectivity index (χ2v) is 7.32. The van der Waals surface area contributed by atoms with Gasteiger partial charge in [-0.15, -0.1) is 0 Å². The predicted molar refractivity (Wildman–Crippen MR) is 123 cm³/mol. The Morgan fingerprint density at radius 2 is 0.733 bits per heavy atom. The molecule has 0 saturated heterocycles. The number of aldehydes is 2. The highest BCUT2D eigenvalue weighted by Gasteiger charge is 2.17. The molecule has 0 heterocycles. The van der Waals surface area contributed by atoms with Crippen LogP contribution in [-0.4, -0.2) is 12.6 Å². The summed E-state index contributed by atoms with van der Waals surface area (Å²) in [7, 11) is 0. The van der Waals surface area contributed by atoms with Crippen LogP contribution in [0.4, 0.5) is 0 Å². The van der Waals surface area contributed by atoms with Crippen molar-refractivity contribution in [2.24, 2.45) is 0 Å². The third-order valence-electron chi connectivity index (χ3n) is 5.60. The van der Waals surface area contributed by atoms with Crippen LogP contribution in [0.15, 0.2) is 97.1 Å². The van der Waals surface area contributed by atoms with Gasteiger partial charge in [0.15, 0.2) is 0 Å². The van der Waals surface area contributed by atoms with E-state index in [0.29, 0.717) is 11.1 Å². The molecular formula is C28H18O2. The molecule has 0 fully saturated rings. The largest absolute Gasteiger partial charge is 0.298 e. The summed E-state index contributed by atoms with van der Waals surface area (Å²) in [5.41, 5.74) is 5.66. The molecule has 0 unspecified atom stereocenters. The molecule has 0 aliphatic rings. The van der Waals surface area contributed by atoms with Crippen LogP contribution in [0.25, 0.3) is 43.8 Å². The molecule has 0 bridgehead atoms. The zero-order valence-electron chi connectivity index (χ0n) is 16.2. The topological polar surface area (TPSA) is 34.1 Å². The van der Waals surface area contributed by atoms with Crippen LogP contribution in [0, 0.1) is 0 Å². The van der Waals surface area contributed by atoms with Gasteiger partial charge >= 0.3 is 0 Å². The number of carbonyl (C=O) groups excluding carboxylic acids is 2.